The Bertz CT molecular complexity index is 675. The maximum atomic E-state index is 11.9. The van der Waals surface area contributed by atoms with Gasteiger partial charge in [-0.2, -0.15) is 0 Å². The van der Waals surface area contributed by atoms with Gasteiger partial charge in [0.25, 0.3) is 0 Å². The summed E-state index contributed by atoms with van der Waals surface area (Å²) in [5.74, 6) is -0.0144. The molecule has 3 atom stereocenters. The van der Waals surface area contributed by atoms with E-state index in [2.05, 4.69) is 10.6 Å². The van der Waals surface area contributed by atoms with E-state index in [-0.39, 0.29) is 23.3 Å². The lowest BCUT2D eigenvalue weighted by atomic mass is 9.70. The lowest BCUT2D eigenvalue weighted by Crippen LogP contribution is -2.65. The maximum Gasteiger partial charge on any atom is 0.217 e. The molecule has 6 heteroatoms. The van der Waals surface area contributed by atoms with Crippen LogP contribution >= 0.6 is 0 Å². The van der Waals surface area contributed by atoms with E-state index >= 15 is 0 Å². The van der Waals surface area contributed by atoms with Crippen LogP contribution in [0.15, 0.2) is 18.2 Å². The van der Waals surface area contributed by atoms with Gasteiger partial charge in [0.15, 0.2) is 0 Å². The molecule has 2 saturated carbocycles. The van der Waals surface area contributed by atoms with Crippen LogP contribution in [0.1, 0.15) is 45.1 Å². The summed E-state index contributed by atoms with van der Waals surface area (Å²) in [4.78, 5) is 23.7. The molecule has 124 valence electrons. The lowest BCUT2D eigenvalue weighted by Gasteiger charge is -2.48. The Balaban J connectivity index is 2.19. The molecule has 3 rings (SSSR count). The molecular formula is C17H22N2O4. The summed E-state index contributed by atoms with van der Waals surface area (Å²) in [6.45, 7) is 2.89. The van der Waals surface area contributed by atoms with Gasteiger partial charge in [-0.15, -0.1) is 0 Å². The van der Waals surface area contributed by atoms with Crippen molar-refractivity contribution in [3.8, 4) is 11.5 Å². The number of aromatic hydroxyl groups is 2. The third-order valence-electron chi connectivity index (χ3n) is 5.27. The second kappa shape index (κ2) is 5.15. The largest absolute Gasteiger partial charge is 0.508 e. The van der Waals surface area contributed by atoms with Crippen molar-refractivity contribution >= 4 is 11.8 Å². The smallest absolute Gasteiger partial charge is 0.217 e. The number of rotatable bonds is 3. The second-order valence-electron chi connectivity index (χ2n) is 6.86. The van der Waals surface area contributed by atoms with Crippen molar-refractivity contribution in [2.24, 2.45) is 5.92 Å². The normalized spacial score (nSPS) is 31.8. The molecule has 2 aliphatic carbocycles. The molecule has 2 bridgehead atoms. The molecule has 23 heavy (non-hydrogen) atoms. The van der Waals surface area contributed by atoms with E-state index in [0.717, 1.165) is 19.3 Å². The van der Waals surface area contributed by atoms with E-state index in [0.29, 0.717) is 17.9 Å². The number of hydrogen-bond acceptors (Lipinski definition) is 4. The third kappa shape index (κ3) is 2.33. The summed E-state index contributed by atoms with van der Waals surface area (Å²) in [6.07, 6.45) is 3.08. The Morgan fingerprint density at radius 2 is 1.83 bits per heavy atom. The summed E-state index contributed by atoms with van der Waals surface area (Å²) in [5.41, 5.74) is -1.08. The average molecular weight is 318 g/mol. The molecule has 3 unspecified atom stereocenters. The van der Waals surface area contributed by atoms with Gasteiger partial charge in [0.2, 0.25) is 11.8 Å². The van der Waals surface area contributed by atoms with E-state index in [9.17, 15) is 19.8 Å². The van der Waals surface area contributed by atoms with E-state index in [1.165, 1.54) is 32.0 Å². The quantitative estimate of drug-likeness (QED) is 0.635. The van der Waals surface area contributed by atoms with E-state index in [4.69, 9.17) is 0 Å². The van der Waals surface area contributed by atoms with Crippen LogP contribution < -0.4 is 10.6 Å². The van der Waals surface area contributed by atoms with E-state index in [1.807, 2.05) is 0 Å². The number of carbonyl (C=O) groups is 2. The van der Waals surface area contributed by atoms with Crippen LogP contribution in [0, 0.1) is 5.92 Å². The summed E-state index contributed by atoms with van der Waals surface area (Å²) in [7, 11) is 0. The maximum absolute atomic E-state index is 11.9. The van der Waals surface area contributed by atoms with Gasteiger partial charge in [-0.25, -0.2) is 0 Å². The fraction of sp³-hybridized carbons (Fsp3) is 0.529. The van der Waals surface area contributed by atoms with Crippen molar-refractivity contribution in [1.29, 1.82) is 0 Å². The molecular weight excluding hydrogens is 296 g/mol. The average Bonchev–Trinajstić information content (AvgIpc) is 2.95. The number of phenols is 2. The summed E-state index contributed by atoms with van der Waals surface area (Å²) < 4.78 is 0. The fourth-order valence-electron chi connectivity index (χ4n) is 4.67. The third-order valence-corrected chi connectivity index (χ3v) is 5.27. The number of benzene rings is 1. The highest BCUT2D eigenvalue weighted by Crippen LogP contribution is 2.59. The van der Waals surface area contributed by atoms with Gasteiger partial charge < -0.3 is 20.8 Å². The predicted molar refractivity (Wildman–Crippen MR) is 83.8 cm³/mol. The highest BCUT2D eigenvalue weighted by molar-refractivity contribution is 5.77. The van der Waals surface area contributed by atoms with Crippen LogP contribution in [0.2, 0.25) is 0 Å². The first-order chi connectivity index (χ1) is 10.8. The van der Waals surface area contributed by atoms with Gasteiger partial charge >= 0.3 is 0 Å². The van der Waals surface area contributed by atoms with Crippen molar-refractivity contribution in [3.63, 3.8) is 0 Å². The molecule has 0 heterocycles. The van der Waals surface area contributed by atoms with Gasteiger partial charge in [-0.3, -0.25) is 9.59 Å². The zero-order valence-electron chi connectivity index (χ0n) is 13.3. The van der Waals surface area contributed by atoms with Gasteiger partial charge in [0, 0.05) is 19.4 Å². The van der Waals surface area contributed by atoms with Gasteiger partial charge in [-0.1, -0.05) is 0 Å². The number of fused-ring (bicyclic) bond motifs is 2. The zero-order chi connectivity index (χ0) is 16.8. The predicted octanol–water partition coefficient (Wildman–Crippen LogP) is 1.51. The van der Waals surface area contributed by atoms with Crippen LogP contribution in [0.5, 0.6) is 11.5 Å². The van der Waals surface area contributed by atoms with Crippen LogP contribution in [0.3, 0.4) is 0 Å². The molecule has 2 aliphatic rings. The van der Waals surface area contributed by atoms with Gasteiger partial charge in [0.1, 0.15) is 11.5 Å². The molecule has 2 fully saturated rings. The molecule has 4 N–H and O–H groups in total. The number of nitrogens with one attached hydrogen (secondary N) is 2. The number of amides is 2. The summed E-state index contributed by atoms with van der Waals surface area (Å²) >= 11 is 0. The first-order valence-electron chi connectivity index (χ1n) is 7.88. The summed E-state index contributed by atoms with van der Waals surface area (Å²) in [6, 6.07) is 4.30. The number of hydrogen-bond donors (Lipinski definition) is 4. The molecule has 1 aromatic rings. The Morgan fingerprint density at radius 3 is 2.43 bits per heavy atom. The molecule has 0 aromatic heterocycles. The van der Waals surface area contributed by atoms with Gasteiger partial charge in [-0.05, 0) is 49.8 Å². The van der Waals surface area contributed by atoms with Crippen molar-refractivity contribution in [3.05, 3.63) is 23.8 Å². The minimum absolute atomic E-state index is 0.00817. The van der Waals surface area contributed by atoms with Crippen molar-refractivity contribution in [1.82, 2.24) is 10.6 Å². The molecule has 1 aromatic carbocycles. The Hall–Kier alpha value is -2.24. The Kier molecular flexibility index (Phi) is 3.50. The second-order valence-corrected chi connectivity index (χ2v) is 6.86. The van der Waals surface area contributed by atoms with Crippen LogP contribution in [0.4, 0.5) is 0 Å². The van der Waals surface area contributed by atoms with Crippen molar-refractivity contribution < 1.29 is 19.8 Å². The zero-order valence-corrected chi connectivity index (χ0v) is 13.3. The lowest BCUT2D eigenvalue weighted by molar-refractivity contribution is -0.126. The minimum atomic E-state index is -0.907. The standard InChI is InChI=1S/C17H22N2O4/c1-10(20)18-16-6-5-12(8-16)9-17(16,19-11(2)21)14-7-13(22)3-4-15(14)23/h3-4,7,12,22-23H,5-6,8-9H2,1-2H3,(H,18,20)(H,19,21). The van der Waals surface area contributed by atoms with Crippen LogP contribution in [-0.4, -0.2) is 27.6 Å². The summed E-state index contributed by atoms with van der Waals surface area (Å²) in [5, 5.41) is 26.3. The number of phenolic OH excluding ortho intramolecular Hbond substituents is 2. The topological polar surface area (TPSA) is 98.7 Å². The molecule has 0 spiro atoms. The highest BCUT2D eigenvalue weighted by atomic mass is 16.3. The molecule has 6 nitrogen and oxygen atoms in total. The highest BCUT2D eigenvalue weighted by Gasteiger charge is 2.64. The van der Waals surface area contributed by atoms with E-state index in [1.54, 1.807) is 0 Å². The van der Waals surface area contributed by atoms with Crippen molar-refractivity contribution in [2.75, 3.05) is 0 Å². The Morgan fingerprint density at radius 1 is 1.13 bits per heavy atom. The fourth-order valence-corrected chi connectivity index (χ4v) is 4.67. The number of carbonyl (C=O) groups excluding carboxylic acids is 2. The van der Waals surface area contributed by atoms with Gasteiger partial charge in [0.05, 0.1) is 11.1 Å². The molecule has 0 saturated heterocycles. The molecule has 0 aliphatic heterocycles. The first kappa shape index (κ1) is 15.6. The molecule has 2 amide bonds. The van der Waals surface area contributed by atoms with Crippen LogP contribution in [0.25, 0.3) is 0 Å². The Labute approximate surface area is 134 Å². The monoisotopic (exact) mass is 318 g/mol. The first-order valence-corrected chi connectivity index (χ1v) is 7.88. The van der Waals surface area contributed by atoms with Crippen LogP contribution in [-0.2, 0) is 15.1 Å². The SMILES string of the molecule is CC(=O)NC12CCC(C1)CC2(NC(C)=O)c1cc(O)ccc1O. The molecule has 0 radical (unpaired) electrons. The minimum Gasteiger partial charge on any atom is -0.508 e. The van der Waals surface area contributed by atoms with Crippen molar-refractivity contribution in [2.45, 2.75) is 50.6 Å². The van der Waals surface area contributed by atoms with E-state index < -0.39 is 11.1 Å².